The Morgan fingerprint density at radius 3 is 2.90 bits per heavy atom. The number of nitrogens with one attached hydrogen (secondary N) is 2. The van der Waals surface area contributed by atoms with Gasteiger partial charge >= 0.3 is 0 Å². The Morgan fingerprint density at radius 1 is 1.43 bits per heavy atom. The largest absolute Gasteiger partial charge is 0.352 e. The van der Waals surface area contributed by atoms with Crippen LogP contribution < -0.4 is 10.6 Å². The summed E-state index contributed by atoms with van der Waals surface area (Å²) in [6.45, 7) is 5.03. The molecule has 0 aromatic heterocycles. The number of hydrogen-bond acceptors (Lipinski definition) is 2. The molecule has 1 unspecified atom stereocenters. The first-order valence-corrected chi connectivity index (χ1v) is 7.31. The summed E-state index contributed by atoms with van der Waals surface area (Å²) in [5.74, 6) is 0.429. The molecule has 0 fully saturated rings. The van der Waals surface area contributed by atoms with Crippen LogP contribution in [0.5, 0.6) is 0 Å². The second-order valence-corrected chi connectivity index (χ2v) is 5.55. The van der Waals surface area contributed by atoms with Crippen LogP contribution in [0.4, 0.5) is 5.69 Å². The van der Waals surface area contributed by atoms with Crippen molar-refractivity contribution in [1.82, 2.24) is 5.32 Å². The monoisotopic (exact) mass is 310 g/mol. The Hall–Kier alpha value is -1.55. The minimum atomic E-state index is -0.0597. The van der Waals surface area contributed by atoms with Gasteiger partial charge in [-0.25, -0.2) is 0 Å². The van der Waals surface area contributed by atoms with Gasteiger partial charge in [-0.2, -0.15) is 0 Å². The molecule has 116 valence electrons. The van der Waals surface area contributed by atoms with E-state index in [1.54, 1.807) is 18.2 Å². The van der Waals surface area contributed by atoms with Crippen LogP contribution in [-0.4, -0.2) is 18.4 Å². The highest BCUT2D eigenvalue weighted by atomic mass is 35.5. The summed E-state index contributed by atoms with van der Waals surface area (Å²) in [6, 6.07) is 5.37. The molecule has 1 atom stereocenters. The molecule has 1 aromatic carbocycles. The van der Waals surface area contributed by atoms with Crippen LogP contribution in [0, 0.1) is 5.92 Å². The number of unbranched alkanes of at least 4 members (excludes halogenated alkanes) is 1. The Bertz CT molecular complexity index is 517. The summed E-state index contributed by atoms with van der Waals surface area (Å²) < 4.78 is 0. The van der Waals surface area contributed by atoms with Crippen molar-refractivity contribution >= 4 is 29.9 Å². The average molecular weight is 311 g/mol. The van der Waals surface area contributed by atoms with Crippen molar-refractivity contribution in [2.75, 3.05) is 11.9 Å². The van der Waals surface area contributed by atoms with Gasteiger partial charge in [0.25, 0.3) is 5.91 Å². The lowest BCUT2D eigenvalue weighted by molar-refractivity contribution is -0.115. The average Bonchev–Trinajstić information content (AvgIpc) is 2.81. The minimum absolute atomic E-state index is 0. The highest BCUT2D eigenvalue weighted by Crippen LogP contribution is 2.23. The zero-order valence-electron chi connectivity index (χ0n) is 12.6. The lowest BCUT2D eigenvalue weighted by atomic mass is 10.0. The highest BCUT2D eigenvalue weighted by Gasteiger charge is 2.19. The number of halogens is 1. The van der Waals surface area contributed by atoms with Crippen LogP contribution in [0.3, 0.4) is 0 Å². The molecule has 4 nitrogen and oxygen atoms in total. The van der Waals surface area contributed by atoms with Gasteiger partial charge in [0.15, 0.2) is 0 Å². The van der Waals surface area contributed by atoms with E-state index in [9.17, 15) is 9.59 Å². The molecule has 2 rings (SSSR count). The van der Waals surface area contributed by atoms with Crippen molar-refractivity contribution in [1.29, 1.82) is 0 Å². The predicted molar refractivity (Wildman–Crippen MR) is 87.0 cm³/mol. The number of hydrogen-bond donors (Lipinski definition) is 2. The predicted octanol–water partition coefficient (Wildman–Crippen LogP) is 3.16. The fraction of sp³-hybridized carbons (Fsp3) is 0.500. The van der Waals surface area contributed by atoms with Gasteiger partial charge in [-0.05, 0) is 36.1 Å². The fourth-order valence-corrected chi connectivity index (χ4v) is 2.39. The number of fused-ring (bicyclic) bond motifs is 1. The molecular formula is C16H23ClN2O2. The van der Waals surface area contributed by atoms with E-state index >= 15 is 0 Å². The SMILES string of the molecule is CCCCC(C)CNC(=O)c1ccc2c(c1)CC(=O)N2.Cl. The Morgan fingerprint density at radius 2 is 2.19 bits per heavy atom. The third-order valence-corrected chi connectivity index (χ3v) is 3.65. The van der Waals surface area contributed by atoms with Crippen molar-refractivity contribution in [3.8, 4) is 0 Å². The van der Waals surface area contributed by atoms with E-state index in [0.29, 0.717) is 24.4 Å². The summed E-state index contributed by atoms with van der Waals surface area (Å²) >= 11 is 0. The number of carbonyl (C=O) groups excluding carboxylic acids is 2. The van der Waals surface area contributed by atoms with E-state index in [4.69, 9.17) is 0 Å². The zero-order chi connectivity index (χ0) is 14.5. The number of benzene rings is 1. The van der Waals surface area contributed by atoms with Crippen molar-refractivity contribution in [2.24, 2.45) is 5.92 Å². The number of rotatable bonds is 6. The van der Waals surface area contributed by atoms with E-state index in [1.807, 2.05) is 0 Å². The van der Waals surface area contributed by atoms with E-state index in [0.717, 1.165) is 17.7 Å². The quantitative estimate of drug-likeness (QED) is 0.848. The topological polar surface area (TPSA) is 58.2 Å². The van der Waals surface area contributed by atoms with Crippen molar-refractivity contribution in [3.05, 3.63) is 29.3 Å². The molecule has 2 amide bonds. The van der Waals surface area contributed by atoms with Gasteiger partial charge in [-0.1, -0.05) is 26.7 Å². The van der Waals surface area contributed by atoms with E-state index in [2.05, 4.69) is 24.5 Å². The third-order valence-electron chi connectivity index (χ3n) is 3.65. The van der Waals surface area contributed by atoms with Gasteiger partial charge < -0.3 is 10.6 Å². The number of amides is 2. The van der Waals surface area contributed by atoms with Crippen LogP contribution in [0.1, 0.15) is 49.0 Å². The van der Waals surface area contributed by atoms with Crippen LogP contribution in [0.25, 0.3) is 0 Å². The second kappa shape index (κ2) is 8.03. The molecule has 0 radical (unpaired) electrons. The third kappa shape index (κ3) is 4.74. The van der Waals surface area contributed by atoms with Crippen LogP contribution in [0.15, 0.2) is 18.2 Å². The summed E-state index contributed by atoms with van der Waals surface area (Å²) in [6.07, 6.45) is 3.89. The number of carbonyl (C=O) groups is 2. The molecule has 2 N–H and O–H groups in total. The van der Waals surface area contributed by atoms with Crippen LogP contribution >= 0.6 is 12.4 Å². The Labute approximate surface area is 132 Å². The maximum absolute atomic E-state index is 12.1. The van der Waals surface area contributed by atoms with Gasteiger partial charge in [0.05, 0.1) is 6.42 Å². The van der Waals surface area contributed by atoms with Gasteiger partial charge in [-0.3, -0.25) is 9.59 Å². The van der Waals surface area contributed by atoms with E-state index in [-0.39, 0.29) is 24.2 Å². The van der Waals surface area contributed by atoms with E-state index in [1.165, 1.54) is 12.8 Å². The molecule has 0 aliphatic carbocycles. The molecule has 1 aromatic rings. The molecule has 21 heavy (non-hydrogen) atoms. The Kier molecular flexibility index (Phi) is 6.69. The highest BCUT2D eigenvalue weighted by molar-refractivity contribution is 6.01. The van der Waals surface area contributed by atoms with Crippen molar-refractivity contribution in [2.45, 2.75) is 39.5 Å². The lowest BCUT2D eigenvalue weighted by Crippen LogP contribution is -2.28. The summed E-state index contributed by atoms with van der Waals surface area (Å²) in [5.41, 5.74) is 2.35. The maximum atomic E-state index is 12.1. The lowest BCUT2D eigenvalue weighted by Gasteiger charge is -2.12. The fourth-order valence-electron chi connectivity index (χ4n) is 2.39. The zero-order valence-corrected chi connectivity index (χ0v) is 13.4. The van der Waals surface area contributed by atoms with E-state index < -0.39 is 0 Å². The van der Waals surface area contributed by atoms with Crippen LogP contribution in [-0.2, 0) is 11.2 Å². The first-order valence-electron chi connectivity index (χ1n) is 7.31. The minimum Gasteiger partial charge on any atom is -0.352 e. The first kappa shape index (κ1) is 17.5. The molecule has 0 saturated carbocycles. The molecular weight excluding hydrogens is 288 g/mol. The molecule has 5 heteroatoms. The molecule has 1 aliphatic rings. The van der Waals surface area contributed by atoms with Gasteiger partial charge in [0.2, 0.25) is 5.91 Å². The molecule has 0 saturated heterocycles. The van der Waals surface area contributed by atoms with Crippen molar-refractivity contribution in [3.63, 3.8) is 0 Å². The molecule has 0 spiro atoms. The smallest absolute Gasteiger partial charge is 0.251 e. The van der Waals surface area contributed by atoms with Gasteiger partial charge in [-0.15, -0.1) is 12.4 Å². The number of anilines is 1. The summed E-state index contributed by atoms with van der Waals surface area (Å²) in [7, 11) is 0. The van der Waals surface area contributed by atoms with Gasteiger partial charge in [0, 0.05) is 17.8 Å². The van der Waals surface area contributed by atoms with Crippen LogP contribution in [0.2, 0.25) is 0 Å². The van der Waals surface area contributed by atoms with Gasteiger partial charge in [0.1, 0.15) is 0 Å². The Balaban J connectivity index is 0.00000220. The maximum Gasteiger partial charge on any atom is 0.251 e. The first-order chi connectivity index (χ1) is 9.60. The van der Waals surface area contributed by atoms with Crippen molar-refractivity contribution < 1.29 is 9.59 Å². The normalized spacial score (nSPS) is 13.9. The standard InChI is InChI=1S/C16H22N2O2.ClH/c1-3-4-5-11(2)10-17-16(20)12-6-7-14-13(8-12)9-15(19)18-14;/h6-8,11H,3-5,9-10H2,1-2H3,(H,17,20)(H,18,19);1H. The summed E-state index contributed by atoms with van der Waals surface area (Å²) in [5, 5.41) is 5.73. The molecule has 1 aliphatic heterocycles. The molecule has 1 heterocycles. The second-order valence-electron chi connectivity index (χ2n) is 5.55. The molecule has 0 bridgehead atoms. The summed E-state index contributed by atoms with van der Waals surface area (Å²) in [4.78, 5) is 23.4.